The van der Waals surface area contributed by atoms with Crippen molar-refractivity contribution < 1.29 is 4.79 Å². The fourth-order valence-electron chi connectivity index (χ4n) is 3.29. The zero-order valence-electron chi connectivity index (χ0n) is 16.9. The summed E-state index contributed by atoms with van der Waals surface area (Å²) in [5, 5.41) is 0. The Hall–Kier alpha value is -0.530. The van der Waals surface area contributed by atoms with Crippen LogP contribution in [0.1, 0.15) is 123 Å². The number of nitrogens with zero attached hydrogens (tertiary/aromatic N) is 1. The van der Waals surface area contributed by atoms with Gasteiger partial charge in [-0.05, 0) is 12.8 Å². The van der Waals surface area contributed by atoms with Crippen LogP contribution < -0.4 is 0 Å². The minimum absolute atomic E-state index is 0.967. The van der Waals surface area contributed by atoms with Crippen molar-refractivity contribution in [2.75, 3.05) is 13.1 Å². The molecule has 0 atom stereocenters. The Kier molecular flexibility index (Phi) is 20.1. The Morgan fingerprint density at radius 1 is 0.500 bits per heavy atom. The van der Waals surface area contributed by atoms with Crippen molar-refractivity contribution in [3.63, 3.8) is 0 Å². The number of unbranched alkanes of at least 4 members (excludes halogenated alkanes) is 15. The topological polar surface area (TPSA) is 20.3 Å². The molecule has 2 nitrogen and oxygen atoms in total. The number of rotatable bonds is 20. The highest BCUT2D eigenvalue weighted by atomic mass is 16.1. The summed E-state index contributed by atoms with van der Waals surface area (Å²) in [6.45, 7) is 6.47. The quantitative estimate of drug-likeness (QED) is 0.171. The van der Waals surface area contributed by atoms with Crippen LogP contribution in [0.25, 0.3) is 0 Å². The Morgan fingerprint density at radius 2 is 0.792 bits per heavy atom. The van der Waals surface area contributed by atoms with E-state index in [0.717, 1.165) is 19.5 Å². The van der Waals surface area contributed by atoms with Crippen LogP contribution in [0.5, 0.6) is 0 Å². The normalized spacial score (nSPS) is 10.9. The average Bonchev–Trinajstić information content (AvgIpc) is 2.60. The molecule has 0 saturated carbocycles. The third kappa shape index (κ3) is 17.8. The van der Waals surface area contributed by atoms with E-state index in [0.29, 0.717) is 0 Å². The maximum atomic E-state index is 11.1. The van der Waals surface area contributed by atoms with Crippen molar-refractivity contribution in [3.8, 4) is 0 Å². The molecule has 0 aliphatic carbocycles. The Morgan fingerprint density at radius 3 is 1.08 bits per heavy atom. The van der Waals surface area contributed by atoms with Gasteiger partial charge in [0, 0.05) is 13.1 Å². The summed E-state index contributed by atoms with van der Waals surface area (Å²) < 4.78 is 0. The average molecular weight is 340 g/mol. The molecule has 0 aromatic rings. The van der Waals surface area contributed by atoms with Gasteiger partial charge in [-0.1, -0.05) is 110 Å². The van der Waals surface area contributed by atoms with Crippen LogP contribution in [0, 0.1) is 0 Å². The second-order valence-corrected chi connectivity index (χ2v) is 7.44. The molecule has 0 rings (SSSR count). The molecule has 0 spiro atoms. The molecule has 0 fully saturated rings. The maximum absolute atomic E-state index is 11.1. The molecule has 0 bridgehead atoms. The van der Waals surface area contributed by atoms with Gasteiger partial charge in [0.2, 0.25) is 6.41 Å². The molecule has 0 aromatic carbocycles. The molecule has 24 heavy (non-hydrogen) atoms. The van der Waals surface area contributed by atoms with Gasteiger partial charge in [0.15, 0.2) is 0 Å². The maximum Gasteiger partial charge on any atom is 0.209 e. The summed E-state index contributed by atoms with van der Waals surface area (Å²) in [4.78, 5) is 13.1. The van der Waals surface area contributed by atoms with E-state index >= 15 is 0 Å². The second-order valence-electron chi connectivity index (χ2n) is 7.44. The molecule has 0 N–H and O–H groups in total. The summed E-state index contributed by atoms with van der Waals surface area (Å²) >= 11 is 0. The van der Waals surface area contributed by atoms with E-state index in [9.17, 15) is 4.79 Å². The molecule has 0 aliphatic rings. The Balaban J connectivity index is 3.29. The lowest BCUT2D eigenvalue weighted by molar-refractivity contribution is -0.118. The van der Waals surface area contributed by atoms with Gasteiger partial charge in [0.1, 0.15) is 0 Å². The van der Waals surface area contributed by atoms with Gasteiger partial charge in [0.05, 0.1) is 0 Å². The third-order valence-electron chi connectivity index (χ3n) is 5.00. The van der Waals surface area contributed by atoms with Crippen LogP contribution in [-0.4, -0.2) is 24.4 Å². The van der Waals surface area contributed by atoms with E-state index in [1.54, 1.807) is 0 Å². The highest BCUT2D eigenvalue weighted by Crippen LogP contribution is 2.11. The van der Waals surface area contributed by atoms with Crippen LogP contribution in [0.4, 0.5) is 0 Å². The lowest BCUT2D eigenvalue weighted by atomic mass is 10.1. The molecule has 2 heteroatoms. The van der Waals surface area contributed by atoms with Crippen LogP contribution in [0.3, 0.4) is 0 Å². The standard InChI is InChI=1S/C22H45NO/c1-3-5-7-9-11-12-13-15-17-19-21-23(22-24)20-18-16-14-10-8-6-4-2/h22H,3-21H2,1-2H3. The zero-order chi connectivity index (χ0) is 17.7. The van der Waals surface area contributed by atoms with Crippen LogP contribution in [-0.2, 0) is 4.79 Å². The second kappa shape index (κ2) is 20.5. The van der Waals surface area contributed by atoms with Gasteiger partial charge in [0.25, 0.3) is 0 Å². The summed E-state index contributed by atoms with van der Waals surface area (Å²) in [5.41, 5.74) is 0. The number of hydrogen-bond donors (Lipinski definition) is 0. The number of hydrogen-bond acceptors (Lipinski definition) is 1. The van der Waals surface area contributed by atoms with E-state index in [1.165, 1.54) is 109 Å². The first kappa shape index (κ1) is 23.5. The SMILES string of the molecule is CCCCCCCCCCCCN(C=O)CCCCCCCCC. The molecule has 0 unspecified atom stereocenters. The smallest absolute Gasteiger partial charge is 0.209 e. The van der Waals surface area contributed by atoms with Gasteiger partial charge in [-0.25, -0.2) is 0 Å². The molecule has 144 valence electrons. The highest BCUT2D eigenvalue weighted by molar-refractivity contribution is 5.46. The van der Waals surface area contributed by atoms with Crippen molar-refractivity contribution in [2.45, 2.75) is 123 Å². The van der Waals surface area contributed by atoms with Gasteiger partial charge in [-0.2, -0.15) is 0 Å². The van der Waals surface area contributed by atoms with Gasteiger partial charge < -0.3 is 4.90 Å². The summed E-state index contributed by atoms with van der Waals surface area (Å²) in [5.74, 6) is 0. The minimum Gasteiger partial charge on any atom is -0.345 e. The molecule has 0 aromatic heterocycles. The number of carbonyl (C=O) groups excluding carboxylic acids is 1. The van der Waals surface area contributed by atoms with Crippen LogP contribution in [0.15, 0.2) is 0 Å². The van der Waals surface area contributed by atoms with E-state index in [1.807, 2.05) is 4.90 Å². The highest BCUT2D eigenvalue weighted by Gasteiger charge is 2.01. The molecule has 0 saturated heterocycles. The van der Waals surface area contributed by atoms with Crippen molar-refractivity contribution >= 4 is 6.41 Å². The zero-order valence-corrected chi connectivity index (χ0v) is 16.9. The molecule has 0 radical (unpaired) electrons. The van der Waals surface area contributed by atoms with Gasteiger partial charge in [-0.3, -0.25) is 4.79 Å². The van der Waals surface area contributed by atoms with E-state index in [-0.39, 0.29) is 0 Å². The fourth-order valence-corrected chi connectivity index (χ4v) is 3.29. The van der Waals surface area contributed by atoms with Crippen molar-refractivity contribution in [1.82, 2.24) is 4.90 Å². The van der Waals surface area contributed by atoms with E-state index in [4.69, 9.17) is 0 Å². The Bertz CT molecular complexity index is 242. The summed E-state index contributed by atoms with van der Waals surface area (Å²) in [7, 11) is 0. The summed E-state index contributed by atoms with van der Waals surface area (Å²) in [6, 6.07) is 0. The molecule has 1 amide bonds. The molecular weight excluding hydrogens is 294 g/mol. The lowest BCUT2D eigenvalue weighted by Gasteiger charge is -2.17. The first-order valence-corrected chi connectivity index (χ1v) is 11.0. The van der Waals surface area contributed by atoms with Crippen molar-refractivity contribution in [3.05, 3.63) is 0 Å². The first-order chi connectivity index (χ1) is 11.8. The minimum atomic E-state index is 0.967. The number of amides is 1. The lowest BCUT2D eigenvalue weighted by Crippen LogP contribution is -2.24. The first-order valence-electron chi connectivity index (χ1n) is 11.0. The van der Waals surface area contributed by atoms with Gasteiger partial charge in [-0.15, -0.1) is 0 Å². The predicted molar refractivity (Wildman–Crippen MR) is 107 cm³/mol. The van der Waals surface area contributed by atoms with E-state index < -0.39 is 0 Å². The molecule has 0 heterocycles. The van der Waals surface area contributed by atoms with Crippen LogP contribution >= 0.6 is 0 Å². The number of carbonyl (C=O) groups is 1. The van der Waals surface area contributed by atoms with E-state index in [2.05, 4.69) is 13.8 Å². The monoisotopic (exact) mass is 339 g/mol. The fraction of sp³-hybridized carbons (Fsp3) is 0.955. The summed E-state index contributed by atoms with van der Waals surface area (Å²) in [6.07, 6.45) is 23.9. The van der Waals surface area contributed by atoms with Crippen molar-refractivity contribution in [2.24, 2.45) is 0 Å². The van der Waals surface area contributed by atoms with Crippen LogP contribution in [0.2, 0.25) is 0 Å². The van der Waals surface area contributed by atoms with Gasteiger partial charge >= 0.3 is 0 Å². The molecular formula is C22H45NO. The largest absolute Gasteiger partial charge is 0.345 e. The Labute approximate surface area is 152 Å². The third-order valence-corrected chi connectivity index (χ3v) is 5.00. The predicted octanol–water partition coefficient (Wildman–Crippen LogP) is 7.12. The van der Waals surface area contributed by atoms with Crippen molar-refractivity contribution in [1.29, 1.82) is 0 Å². The molecule has 0 aliphatic heterocycles.